The van der Waals surface area contributed by atoms with Gasteiger partial charge in [0.1, 0.15) is 4.88 Å². The zero-order valence-electron chi connectivity index (χ0n) is 10.1. The Hall–Kier alpha value is -1.47. The molecular formula is C11H15N3O3S. The molecule has 1 atom stereocenters. The van der Waals surface area contributed by atoms with Crippen molar-refractivity contribution in [3.8, 4) is 0 Å². The molecule has 1 fully saturated rings. The van der Waals surface area contributed by atoms with Crippen LogP contribution in [-0.2, 0) is 9.53 Å². The number of aromatic nitrogens is 1. The maximum atomic E-state index is 11.8. The number of rotatable bonds is 4. The molecule has 1 saturated heterocycles. The van der Waals surface area contributed by atoms with E-state index in [0.29, 0.717) is 36.1 Å². The summed E-state index contributed by atoms with van der Waals surface area (Å²) in [4.78, 5) is 29.4. The van der Waals surface area contributed by atoms with Crippen LogP contribution in [0.4, 0.5) is 5.13 Å². The molecule has 1 aliphatic heterocycles. The number of carbonyl (C=O) groups is 2. The molecule has 18 heavy (non-hydrogen) atoms. The maximum Gasteiger partial charge on any atom is 0.350 e. The van der Waals surface area contributed by atoms with Gasteiger partial charge in [-0.3, -0.25) is 9.69 Å². The van der Waals surface area contributed by atoms with E-state index in [1.807, 2.05) is 0 Å². The van der Waals surface area contributed by atoms with Gasteiger partial charge in [0, 0.05) is 13.0 Å². The van der Waals surface area contributed by atoms with Gasteiger partial charge < -0.3 is 10.5 Å². The molecule has 1 amide bonds. The van der Waals surface area contributed by atoms with Crippen molar-refractivity contribution in [2.45, 2.75) is 13.3 Å². The van der Waals surface area contributed by atoms with E-state index >= 15 is 0 Å². The number of anilines is 1. The Kier molecular flexibility index (Phi) is 3.93. The molecule has 98 valence electrons. The summed E-state index contributed by atoms with van der Waals surface area (Å²) >= 11 is 1.17. The first kappa shape index (κ1) is 13.0. The number of hydrogen-bond donors (Lipinski definition) is 1. The van der Waals surface area contributed by atoms with E-state index < -0.39 is 5.97 Å². The lowest BCUT2D eigenvalue weighted by Crippen LogP contribution is -2.25. The van der Waals surface area contributed by atoms with Gasteiger partial charge in [0.15, 0.2) is 5.13 Å². The van der Waals surface area contributed by atoms with Crippen LogP contribution in [0, 0.1) is 5.92 Å². The summed E-state index contributed by atoms with van der Waals surface area (Å²) in [5.41, 5.74) is 5.56. The Morgan fingerprint density at radius 1 is 1.72 bits per heavy atom. The van der Waals surface area contributed by atoms with Crippen LogP contribution in [0.2, 0.25) is 0 Å². The van der Waals surface area contributed by atoms with E-state index in [1.54, 1.807) is 11.8 Å². The lowest BCUT2D eigenvalue weighted by molar-refractivity contribution is -0.117. The molecule has 1 aromatic heterocycles. The molecule has 0 bridgehead atoms. The van der Waals surface area contributed by atoms with Gasteiger partial charge in [-0.15, -0.1) is 0 Å². The van der Waals surface area contributed by atoms with E-state index in [0.717, 1.165) is 0 Å². The molecule has 2 rings (SSSR count). The molecule has 0 spiro atoms. The zero-order chi connectivity index (χ0) is 13.1. The molecule has 1 aromatic rings. The molecule has 0 aromatic carbocycles. The van der Waals surface area contributed by atoms with Crippen molar-refractivity contribution in [1.29, 1.82) is 0 Å². The smallest absolute Gasteiger partial charge is 0.350 e. The Morgan fingerprint density at radius 3 is 3.11 bits per heavy atom. The third kappa shape index (κ3) is 2.51. The van der Waals surface area contributed by atoms with Crippen molar-refractivity contribution in [2.24, 2.45) is 11.7 Å². The number of nitrogens with two attached hydrogens (primary N) is 1. The van der Waals surface area contributed by atoms with Crippen molar-refractivity contribution >= 4 is 28.3 Å². The lowest BCUT2D eigenvalue weighted by Gasteiger charge is -2.11. The summed E-state index contributed by atoms with van der Waals surface area (Å²) in [5, 5.41) is 0.541. The molecule has 0 aliphatic carbocycles. The fraction of sp³-hybridized carbons (Fsp3) is 0.545. The minimum absolute atomic E-state index is 0.00945. The van der Waals surface area contributed by atoms with Gasteiger partial charge >= 0.3 is 5.97 Å². The van der Waals surface area contributed by atoms with Gasteiger partial charge in [0.05, 0.1) is 12.8 Å². The van der Waals surface area contributed by atoms with E-state index in [-0.39, 0.29) is 11.8 Å². The Morgan fingerprint density at radius 2 is 2.50 bits per heavy atom. The number of esters is 1. The highest BCUT2D eigenvalue weighted by atomic mass is 32.1. The molecule has 7 heteroatoms. The summed E-state index contributed by atoms with van der Waals surface area (Å²) in [5.74, 6) is -0.217. The maximum absolute atomic E-state index is 11.8. The van der Waals surface area contributed by atoms with Gasteiger partial charge in [-0.25, -0.2) is 9.78 Å². The fourth-order valence-corrected chi connectivity index (χ4v) is 2.65. The predicted octanol–water partition coefficient (Wildman–Crippen LogP) is 0.631. The van der Waals surface area contributed by atoms with Crippen LogP contribution in [0.5, 0.6) is 0 Å². The van der Waals surface area contributed by atoms with Gasteiger partial charge in [0.2, 0.25) is 5.91 Å². The van der Waals surface area contributed by atoms with Crippen molar-refractivity contribution in [1.82, 2.24) is 4.98 Å². The lowest BCUT2D eigenvalue weighted by atomic mass is 10.1. The third-order valence-corrected chi connectivity index (χ3v) is 3.74. The van der Waals surface area contributed by atoms with Crippen LogP contribution >= 0.6 is 11.3 Å². The highest BCUT2D eigenvalue weighted by Gasteiger charge is 2.31. The Labute approximate surface area is 109 Å². The topological polar surface area (TPSA) is 85.5 Å². The second-order valence-corrected chi connectivity index (χ2v) is 5.05. The Balaban J connectivity index is 2.11. The van der Waals surface area contributed by atoms with Crippen LogP contribution in [0.25, 0.3) is 0 Å². The van der Waals surface area contributed by atoms with Crippen molar-refractivity contribution in [3.63, 3.8) is 0 Å². The highest BCUT2D eigenvalue weighted by molar-refractivity contribution is 7.17. The summed E-state index contributed by atoms with van der Waals surface area (Å²) in [7, 11) is 0. The van der Waals surface area contributed by atoms with E-state index in [1.165, 1.54) is 17.5 Å². The second kappa shape index (κ2) is 5.45. The highest BCUT2D eigenvalue weighted by Crippen LogP contribution is 2.28. The van der Waals surface area contributed by atoms with Gasteiger partial charge in [-0.05, 0) is 19.4 Å². The minimum Gasteiger partial charge on any atom is -0.462 e. The minimum atomic E-state index is -0.400. The first-order valence-electron chi connectivity index (χ1n) is 5.79. The van der Waals surface area contributed by atoms with Crippen LogP contribution in [0.15, 0.2) is 6.20 Å². The molecule has 0 saturated carbocycles. The summed E-state index contributed by atoms with van der Waals surface area (Å²) in [6.07, 6.45) is 1.89. The van der Waals surface area contributed by atoms with Crippen molar-refractivity contribution < 1.29 is 14.3 Å². The van der Waals surface area contributed by atoms with Gasteiger partial charge in [-0.2, -0.15) is 0 Å². The number of ether oxygens (including phenoxy) is 1. The first-order chi connectivity index (χ1) is 8.65. The van der Waals surface area contributed by atoms with E-state index in [4.69, 9.17) is 10.5 Å². The van der Waals surface area contributed by atoms with E-state index in [2.05, 4.69) is 4.98 Å². The molecular weight excluding hydrogens is 254 g/mol. The number of nitrogens with zero attached hydrogens (tertiary/aromatic N) is 2. The zero-order valence-corrected chi connectivity index (χ0v) is 10.9. The predicted molar refractivity (Wildman–Crippen MR) is 67.6 cm³/mol. The van der Waals surface area contributed by atoms with Crippen LogP contribution < -0.4 is 10.6 Å². The Bertz CT molecular complexity index is 460. The number of hydrogen-bond acceptors (Lipinski definition) is 6. The average molecular weight is 269 g/mol. The molecule has 2 heterocycles. The second-order valence-electron chi connectivity index (χ2n) is 4.04. The standard InChI is InChI=1S/C11H15N3O3S/c1-2-17-10(16)8-5-13-11(18-8)14-6-7(4-12)3-9(14)15/h5,7H,2-4,6,12H2,1H3. The normalized spacial score (nSPS) is 19.3. The number of thiazole rings is 1. The van der Waals surface area contributed by atoms with E-state index in [9.17, 15) is 9.59 Å². The molecule has 1 unspecified atom stereocenters. The molecule has 6 nitrogen and oxygen atoms in total. The third-order valence-electron chi connectivity index (χ3n) is 2.74. The quantitative estimate of drug-likeness (QED) is 0.810. The summed E-state index contributed by atoms with van der Waals surface area (Å²) in [6, 6.07) is 0. The van der Waals surface area contributed by atoms with Crippen molar-refractivity contribution in [3.05, 3.63) is 11.1 Å². The molecule has 0 radical (unpaired) electrons. The molecule has 2 N–H and O–H groups in total. The number of amides is 1. The van der Waals surface area contributed by atoms with Crippen molar-refractivity contribution in [2.75, 3.05) is 24.6 Å². The van der Waals surface area contributed by atoms with Crippen LogP contribution in [0.3, 0.4) is 0 Å². The van der Waals surface area contributed by atoms with Gasteiger partial charge in [-0.1, -0.05) is 11.3 Å². The van der Waals surface area contributed by atoms with Gasteiger partial charge in [0.25, 0.3) is 0 Å². The first-order valence-corrected chi connectivity index (χ1v) is 6.60. The van der Waals surface area contributed by atoms with Crippen LogP contribution in [-0.4, -0.2) is 36.6 Å². The fourth-order valence-electron chi connectivity index (χ4n) is 1.81. The monoisotopic (exact) mass is 269 g/mol. The SMILES string of the molecule is CCOC(=O)c1cnc(N2CC(CN)CC2=O)s1. The summed E-state index contributed by atoms with van der Waals surface area (Å²) < 4.78 is 4.88. The van der Waals surface area contributed by atoms with Crippen LogP contribution in [0.1, 0.15) is 23.0 Å². The number of carbonyl (C=O) groups excluding carboxylic acids is 2. The summed E-state index contributed by atoms with van der Waals surface area (Å²) in [6.45, 7) is 3.13. The largest absolute Gasteiger partial charge is 0.462 e. The molecule has 1 aliphatic rings. The average Bonchev–Trinajstić information content (AvgIpc) is 2.95.